The molecule has 1 atom stereocenters. The van der Waals surface area contributed by atoms with Crippen molar-refractivity contribution in [1.29, 1.82) is 0 Å². The van der Waals surface area contributed by atoms with Gasteiger partial charge in [0.15, 0.2) is 9.84 Å². The summed E-state index contributed by atoms with van der Waals surface area (Å²) in [5.41, 5.74) is 0. The summed E-state index contributed by atoms with van der Waals surface area (Å²) in [6.07, 6.45) is 1.79. The van der Waals surface area contributed by atoms with Crippen LogP contribution in [0.15, 0.2) is 0 Å². The Bertz CT molecular complexity index is 265. The molecular formula is C11H25NO2S. The third-order valence-electron chi connectivity index (χ3n) is 2.80. The summed E-state index contributed by atoms with van der Waals surface area (Å²) in [7, 11) is -1.05. The second-order valence-electron chi connectivity index (χ2n) is 5.05. The van der Waals surface area contributed by atoms with Crippen LogP contribution in [0.25, 0.3) is 0 Å². The SMILES string of the molecule is CCC(CCS(=O)(=O)C(C)(C)C)CNC. The van der Waals surface area contributed by atoms with E-state index < -0.39 is 14.6 Å². The minimum absolute atomic E-state index is 0.302. The van der Waals surface area contributed by atoms with Crippen molar-refractivity contribution < 1.29 is 8.42 Å². The van der Waals surface area contributed by atoms with Gasteiger partial charge in [0.2, 0.25) is 0 Å². The van der Waals surface area contributed by atoms with E-state index in [1.165, 1.54) is 0 Å². The van der Waals surface area contributed by atoms with E-state index in [0.29, 0.717) is 11.7 Å². The highest BCUT2D eigenvalue weighted by Gasteiger charge is 2.28. The molecule has 0 heterocycles. The van der Waals surface area contributed by atoms with Crippen LogP contribution in [0.5, 0.6) is 0 Å². The Balaban J connectivity index is 4.26. The molecule has 0 rings (SSSR count). The third-order valence-corrected chi connectivity index (χ3v) is 5.44. The monoisotopic (exact) mass is 235 g/mol. The fourth-order valence-corrected chi connectivity index (χ4v) is 2.62. The van der Waals surface area contributed by atoms with Crippen molar-refractivity contribution >= 4 is 9.84 Å². The molecular weight excluding hydrogens is 210 g/mol. The standard InChI is InChI=1S/C11H25NO2S/c1-6-10(9-12-5)7-8-15(13,14)11(2,3)4/h10,12H,6-9H2,1-5H3. The van der Waals surface area contributed by atoms with Crippen LogP contribution in [0.1, 0.15) is 40.5 Å². The average Bonchev–Trinajstić information content (AvgIpc) is 2.10. The molecule has 0 aromatic heterocycles. The van der Waals surface area contributed by atoms with Crippen LogP contribution in [0, 0.1) is 5.92 Å². The number of hydrogen-bond acceptors (Lipinski definition) is 3. The normalized spacial score (nSPS) is 15.3. The summed E-state index contributed by atoms with van der Waals surface area (Å²) in [5.74, 6) is 0.767. The molecule has 1 unspecified atom stereocenters. The Morgan fingerprint density at radius 2 is 1.80 bits per heavy atom. The van der Waals surface area contributed by atoms with Crippen LogP contribution in [-0.4, -0.2) is 32.5 Å². The van der Waals surface area contributed by atoms with Crippen LogP contribution >= 0.6 is 0 Å². The molecule has 0 fully saturated rings. The van der Waals surface area contributed by atoms with Gasteiger partial charge in [-0.15, -0.1) is 0 Å². The van der Waals surface area contributed by atoms with Crippen molar-refractivity contribution in [3.05, 3.63) is 0 Å². The fraction of sp³-hybridized carbons (Fsp3) is 1.00. The Labute approximate surface area is 94.6 Å². The van der Waals surface area contributed by atoms with Gasteiger partial charge < -0.3 is 5.32 Å². The second kappa shape index (κ2) is 5.85. The van der Waals surface area contributed by atoms with Crippen molar-refractivity contribution in [3.8, 4) is 0 Å². The van der Waals surface area contributed by atoms with E-state index in [0.717, 1.165) is 19.4 Å². The van der Waals surface area contributed by atoms with E-state index >= 15 is 0 Å². The highest BCUT2D eigenvalue weighted by molar-refractivity contribution is 7.92. The lowest BCUT2D eigenvalue weighted by Gasteiger charge is -2.21. The van der Waals surface area contributed by atoms with Crippen molar-refractivity contribution in [2.24, 2.45) is 5.92 Å². The van der Waals surface area contributed by atoms with Crippen LogP contribution in [0.3, 0.4) is 0 Å². The lowest BCUT2D eigenvalue weighted by Crippen LogP contribution is -2.32. The molecule has 92 valence electrons. The van der Waals surface area contributed by atoms with Gasteiger partial charge in [-0.05, 0) is 46.7 Å². The Kier molecular flexibility index (Phi) is 5.81. The molecule has 0 aromatic rings. The summed E-state index contributed by atoms with van der Waals surface area (Å²) >= 11 is 0. The van der Waals surface area contributed by atoms with Gasteiger partial charge in [0.1, 0.15) is 0 Å². The first-order valence-corrected chi connectivity index (χ1v) is 7.26. The van der Waals surface area contributed by atoms with Crippen molar-refractivity contribution in [2.45, 2.75) is 45.3 Å². The number of hydrogen-bond donors (Lipinski definition) is 1. The van der Waals surface area contributed by atoms with E-state index in [-0.39, 0.29) is 0 Å². The topological polar surface area (TPSA) is 46.2 Å². The van der Waals surface area contributed by atoms with Crippen LogP contribution in [-0.2, 0) is 9.84 Å². The molecule has 0 saturated carbocycles. The highest BCUT2D eigenvalue weighted by atomic mass is 32.2. The summed E-state index contributed by atoms with van der Waals surface area (Å²) in [6.45, 7) is 8.30. The molecule has 1 N–H and O–H groups in total. The van der Waals surface area contributed by atoms with E-state index in [4.69, 9.17) is 0 Å². The van der Waals surface area contributed by atoms with Gasteiger partial charge in [0, 0.05) is 0 Å². The number of nitrogens with one attached hydrogen (secondary N) is 1. The molecule has 0 amide bonds. The van der Waals surface area contributed by atoms with Gasteiger partial charge in [0.25, 0.3) is 0 Å². The molecule has 0 aliphatic rings. The number of rotatable bonds is 6. The summed E-state index contributed by atoms with van der Waals surface area (Å²) in [5, 5.41) is 3.10. The first-order valence-electron chi connectivity index (χ1n) is 5.61. The zero-order valence-electron chi connectivity index (χ0n) is 10.6. The van der Waals surface area contributed by atoms with Gasteiger partial charge in [-0.1, -0.05) is 13.3 Å². The molecule has 0 aromatic carbocycles. The average molecular weight is 235 g/mol. The van der Waals surface area contributed by atoms with Crippen LogP contribution in [0.2, 0.25) is 0 Å². The zero-order valence-corrected chi connectivity index (χ0v) is 11.4. The maximum Gasteiger partial charge on any atom is 0.155 e. The zero-order chi connectivity index (χ0) is 12.1. The fourth-order valence-electron chi connectivity index (χ4n) is 1.37. The molecule has 0 aliphatic heterocycles. The summed E-state index contributed by atoms with van der Waals surface area (Å²) < 4.78 is 23.1. The largest absolute Gasteiger partial charge is 0.319 e. The van der Waals surface area contributed by atoms with Crippen molar-refractivity contribution in [2.75, 3.05) is 19.3 Å². The quantitative estimate of drug-likeness (QED) is 0.764. The first-order chi connectivity index (χ1) is 6.74. The smallest absolute Gasteiger partial charge is 0.155 e. The van der Waals surface area contributed by atoms with E-state index in [1.807, 2.05) is 7.05 Å². The molecule has 0 radical (unpaired) electrons. The van der Waals surface area contributed by atoms with Gasteiger partial charge in [0.05, 0.1) is 10.5 Å². The maximum atomic E-state index is 11.9. The summed E-state index contributed by atoms with van der Waals surface area (Å²) in [4.78, 5) is 0. The summed E-state index contributed by atoms with van der Waals surface area (Å²) in [6, 6.07) is 0. The van der Waals surface area contributed by atoms with Gasteiger partial charge in [-0.2, -0.15) is 0 Å². The minimum Gasteiger partial charge on any atom is -0.319 e. The van der Waals surface area contributed by atoms with E-state index in [1.54, 1.807) is 20.8 Å². The molecule has 0 saturated heterocycles. The first kappa shape index (κ1) is 14.9. The predicted octanol–water partition coefficient (Wildman–Crippen LogP) is 1.84. The van der Waals surface area contributed by atoms with Crippen molar-refractivity contribution in [3.63, 3.8) is 0 Å². The predicted molar refractivity (Wildman–Crippen MR) is 65.9 cm³/mol. The number of sulfone groups is 1. The molecule has 3 nitrogen and oxygen atoms in total. The third kappa shape index (κ3) is 4.98. The lowest BCUT2D eigenvalue weighted by atomic mass is 10.0. The van der Waals surface area contributed by atoms with E-state index in [2.05, 4.69) is 12.2 Å². The minimum atomic E-state index is -2.95. The molecule has 0 bridgehead atoms. The van der Waals surface area contributed by atoms with E-state index in [9.17, 15) is 8.42 Å². The van der Waals surface area contributed by atoms with Crippen molar-refractivity contribution in [1.82, 2.24) is 5.32 Å². The van der Waals surface area contributed by atoms with Gasteiger partial charge in [-0.3, -0.25) is 0 Å². The Hall–Kier alpha value is -0.0900. The van der Waals surface area contributed by atoms with Crippen LogP contribution in [0.4, 0.5) is 0 Å². The second-order valence-corrected chi connectivity index (χ2v) is 7.91. The maximum absolute atomic E-state index is 11.9. The Morgan fingerprint density at radius 1 is 1.27 bits per heavy atom. The molecule has 0 aliphatic carbocycles. The molecule has 15 heavy (non-hydrogen) atoms. The lowest BCUT2D eigenvalue weighted by molar-refractivity contribution is 0.463. The molecule has 4 heteroatoms. The Morgan fingerprint density at radius 3 is 2.13 bits per heavy atom. The van der Waals surface area contributed by atoms with Crippen LogP contribution < -0.4 is 5.32 Å². The van der Waals surface area contributed by atoms with Gasteiger partial charge in [-0.25, -0.2) is 8.42 Å². The highest BCUT2D eigenvalue weighted by Crippen LogP contribution is 2.19. The molecule has 0 spiro atoms. The van der Waals surface area contributed by atoms with Gasteiger partial charge >= 0.3 is 0 Å².